The molecule has 1 rings (SSSR count). The van der Waals surface area contributed by atoms with Crippen molar-refractivity contribution in [3.8, 4) is 0 Å². The molecule has 0 spiro atoms. The summed E-state index contributed by atoms with van der Waals surface area (Å²) in [7, 11) is 1.88. The van der Waals surface area contributed by atoms with Crippen LogP contribution >= 0.6 is 0 Å². The van der Waals surface area contributed by atoms with E-state index < -0.39 is 0 Å². The number of hydrogen-bond donors (Lipinski definition) is 2. The Hall–Kier alpha value is -1.32. The highest BCUT2D eigenvalue weighted by Crippen LogP contribution is 2.23. The summed E-state index contributed by atoms with van der Waals surface area (Å²) in [6.45, 7) is 10.8. The lowest BCUT2D eigenvalue weighted by atomic mass is 9.96. The Morgan fingerprint density at radius 2 is 1.72 bits per heavy atom. The third-order valence-corrected chi connectivity index (χ3v) is 3.51. The molecule has 0 fully saturated rings. The monoisotopic (exact) mass is 250 g/mol. The zero-order valence-corrected chi connectivity index (χ0v) is 12.5. The van der Waals surface area contributed by atoms with Gasteiger partial charge in [0.05, 0.1) is 0 Å². The lowest BCUT2D eigenvalue weighted by Crippen LogP contribution is -2.33. The average molecular weight is 250 g/mol. The average Bonchev–Trinajstić information content (AvgIpc) is 2.38. The minimum Gasteiger partial charge on any atom is -0.373 e. The molecule has 0 bridgehead atoms. The number of rotatable bonds is 6. The van der Waals surface area contributed by atoms with Crippen LogP contribution in [0, 0.1) is 0 Å². The molecule has 0 saturated heterocycles. The van der Waals surface area contributed by atoms with Gasteiger partial charge in [-0.15, -0.1) is 0 Å². The van der Waals surface area contributed by atoms with Crippen molar-refractivity contribution < 1.29 is 0 Å². The second-order valence-corrected chi connectivity index (χ2v) is 5.29. The normalized spacial score (nSPS) is 11.7. The lowest BCUT2D eigenvalue weighted by molar-refractivity contribution is 0.476. The van der Waals surface area contributed by atoms with Gasteiger partial charge in [-0.2, -0.15) is 0 Å². The summed E-state index contributed by atoms with van der Waals surface area (Å²) in [4.78, 5) is 9.07. The molecule has 4 nitrogen and oxygen atoms in total. The van der Waals surface area contributed by atoms with E-state index in [-0.39, 0.29) is 5.54 Å². The lowest BCUT2D eigenvalue weighted by Gasteiger charge is -2.29. The van der Waals surface area contributed by atoms with Crippen molar-refractivity contribution in [2.45, 2.75) is 58.9 Å². The van der Waals surface area contributed by atoms with Gasteiger partial charge in [0, 0.05) is 24.6 Å². The van der Waals surface area contributed by atoms with Gasteiger partial charge in [0.1, 0.15) is 17.5 Å². The molecule has 18 heavy (non-hydrogen) atoms. The SMILES string of the molecule is CCC(C)(CC)Nc1cc(NC)nc(C(C)C)n1. The highest BCUT2D eigenvalue weighted by atomic mass is 15.1. The molecular formula is C14H26N4. The fourth-order valence-electron chi connectivity index (χ4n) is 1.65. The first-order chi connectivity index (χ1) is 8.44. The Morgan fingerprint density at radius 1 is 1.17 bits per heavy atom. The maximum atomic E-state index is 4.60. The molecule has 1 heterocycles. The van der Waals surface area contributed by atoms with Crippen molar-refractivity contribution in [2.75, 3.05) is 17.7 Å². The van der Waals surface area contributed by atoms with E-state index in [4.69, 9.17) is 0 Å². The summed E-state index contributed by atoms with van der Waals surface area (Å²) in [5, 5.41) is 6.63. The van der Waals surface area contributed by atoms with Gasteiger partial charge in [0.2, 0.25) is 0 Å². The van der Waals surface area contributed by atoms with Crippen LogP contribution in [-0.2, 0) is 0 Å². The minimum atomic E-state index is 0.0909. The second kappa shape index (κ2) is 6.03. The first-order valence-corrected chi connectivity index (χ1v) is 6.79. The first kappa shape index (κ1) is 14.7. The van der Waals surface area contributed by atoms with Crippen molar-refractivity contribution in [1.29, 1.82) is 0 Å². The third-order valence-electron chi connectivity index (χ3n) is 3.51. The summed E-state index contributed by atoms with van der Waals surface area (Å²) < 4.78 is 0. The van der Waals surface area contributed by atoms with Gasteiger partial charge in [0.15, 0.2) is 0 Å². The fraction of sp³-hybridized carbons (Fsp3) is 0.714. The smallest absolute Gasteiger partial charge is 0.135 e. The Morgan fingerprint density at radius 3 is 2.17 bits per heavy atom. The number of nitrogens with one attached hydrogen (secondary N) is 2. The number of anilines is 2. The van der Waals surface area contributed by atoms with Gasteiger partial charge in [-0.25, -0.2) is 9.97 Å². The number of hydrogen-bond acceptors (Lipinski definition) is 4. The molecule has 0 unspecified atom stereocenters. The van der Waals surface area contributed by atoms with E-state index in [1.165, 1.54) is 0 Å². The van der Waals surface area contributed by atoms with Crippen molar-refractivity contribution in [1.82, 2.24) is 9.97 Å². The Balaban J connectivity index is 3.04. The highest BCUT2D eigenvalue weighted by Gasteiger charge is 2.20. The Bertz CT molecular complexity index is 383. The Labute approximate surface area is 111 Å². The van der Waals surface area contributed by atoms with Gasteiger partial charge >= 0.3 is 0 Å². The molecule has 0 aliphatic rings. The molecule has 4 heteroatoms. The largest absolute Gasteiger partial charge is 0.373 e. The molecule has 1 aromatic rings. The van der Waals surface area contributed by atoms with Gasteiger partial charge in [-0.1, -0.05) is 27.7 Å². The molecule has 0 saturated carbocycles. The van der Waals surface area contributed by atoms with Crippen molar-refractivity contribution in [2.24, 2.45) is 0 Å². The van der Waals surface area contributed by atoms with E-state index in [9.17, 15) is 0 Å². The summed E-state index contributed by atoms with van der Waals surface area (Å²) in [5.41, 5.74) is 0.0909. The molecular weight excluding hydrogens is 224 g/mol. The zero-order chi connectivity index (χ0) is 13.8. The van der Waals surface area contributed by atoms with E-state index in [0.29, 0.717) is 5.92 Å². The predicted octanol–water partition coefficient (Wildman–Crippen LogP) is 3.63. The fourth-order valence-corrected chi connectivity index (χ4v) is 1.65. The summed E-state index contributed by atoms with van der Waals surface area (Å²) in [6.07, 6.45) is 2.14. The number of nitrogens with zero attached hydrogens (tertiary/aromatic N) is 2. The van der Waals surface area contributed by atoms with Crippen LogP contribution in [-0.4, -0.2) is 22.6 Å². The van der Waals surface area contributed by atoms with E-state index in [0.717, 1.165) is 30.3 Å². The maximum absolute atomic E-state index is 4.60. The van der Waals surface area contributed by atoms with Crippen LogP contribution in [0.4, 0.5) is 11.6 Å². The molecule has 0 aromatic carbocycles. The van der Waals surface area contributed by atoms with E-state index >= 15 is 0 Å². The van der Waals surface area contributed by atoms with Gasteiger partial charge in [0.25, 0.3) is 0 Å². The van der Waals surface area contributed by atoms with Gasteiger partial charge in [-0.05, 0) is 19.8 Å². The maximum Gasteiger partial charge on any atom is 0.135 e. The highest BCUT2D eigenvalue weighted by molar-refractivity contribution is 5.48. The molecule has 0 atom stereocenters. The van der Waals surface area contributed by atoms with Crippen LogP contribution in [0.2, 0.25) is 0 Å². The van der Waals surface area contributed by atoms with Crippen LogP contribution in [0.5, 0.6) is 0 Å². The standard InChI is InChI=1S/C14H26N4/c1-7-14(5,8-2)18-12-9-11(15-6)16-13(17-12)10(3)4/h9-10H,7-8H2,1-6H3,(H2,15,16,17,18). The van der Waals surface area contributed by atoms with Gasteiger partial charge in [-0.3, -0.25) is 0 Å². The molecule has 102 valence electrons. The topological polar surface area (TPSA) is 49.8 Å². The third kappa shape index (κ3) is 3.59. The second-order valence-electron chi connectivity index (χ2n) is 5.29. The quantitative estimate of drug-likeness (QED) is 0.809. The molecule has 0 aliphatic carbocycles. The minimum absolute atomic E-state index is 0.0909. The summed E-state index contributed by atoms with van der Waals surface area (Å²) >= 11 is 0. The van der Waals surface area contributed by atoms with E-state index in [2.05, 4.69) is 55.2 Å². The number of aromatic nitrogens is 2. The molecule has 2 N–H and O–H groups in total. The van der Waals surface area contributed by atoms with Crippen molar-refractivity contribution >= 4 is 11.6 Å². The van der Waals surface area contributed by atoms with Gasteiger partial charge < -0.3 is 10.6 Å². The zero-order valence-electron chi connectivity index (χ0n) is 12.5. The van der Waals surface area contributed by atoms with Crippen LogP contribution in [0.3, 0.4) is 0 Å². The first-order valence-electron chi connectivity index (χ1n) is 6.79. The van der Waals surface area contributed by atoms with Crippen LogP contribution in [0.15, 0.2) is 6.07 Å². The molecule has 0 amide bonds. The van der Waals surface area contributed by atoms with Crippen LogP contribution in [0.25, 0.3) is 0 Å². The van der Waals surface area contributed by atoms with E-state index in [1.807, 2.05) is 13.1 Å². The molecule has 0 radical (unpaired) electrons. The van der Waals surface area contributed by atoms with Crippen molar-refractivity contribution in [3.63, 3.8) is 0 Å². The predicted molar refractivity (Wildman–Crippen MR) is 78.3 cm³/mol. The van der Waals surface area contributed by atoms with E-state index in [1.54, 1.807) is 0 Å². The molecule has 1 aromatic heterocycles. The summed E-state index contributed by atoms with van der Waals surface area (Å²) in [5.74, 6) is 2.97. The summed E-state index contributed by atoms with van der Waals surface area (Å²) in [6, 6.07) is 1.97. The Kier molecular flexibility index (Phi) is 4.93. The van der Waals surface area contributed by atoms with Crippen LogP contribution in [0.1, 0.15) is 59.2 Å². The van der Waals surface area contributed by atoms with Crippen LogP contribution < -0.4 is 10.6 Å². The molecule has 0 aliphatic heterocycles. The van der Waals surface area contributed by atoms with Crippen molar-refractivity contribution in [3.05, 3.63) is 11.9 Å².